The van der Waals surface area contributed by atoms with Crippen molar-refractivity contribution in [3.05, 3.63) is 41.6 Å². The SMILES string of the molecule is CCc1ccc(-c2cc3n(n2)CCCN(C(C)=O)C3)cc1. The highest BCUT2D eigenvalue weighted by molar-refractivity contribution is 5.73. The van der Waals surface area contributed by atoms with E-state index in [4.69, 9.17) is 5.10 Å². The van der Waals surface area contributed by atoms with Crippen LogP contribution in [0.15, 0.2) is 30.3 Å². The molecule has 4 heteroatoms. The molecule has 0 saturated carbocycles. The zero-order valence-corrected chi connectivity index (χ0v) is 12.7. The summed E-state index contributed by atoms with van der Waals surface area (Å²) < 4.78 is 2.05. The lowest BCUT2D eigenvalue weighted by molar-refractivity contribution is -0.129. The molecule has 0 unspecified atom stereocenters. The van der Waals surface area contributed by atoms with E-state index in [9.17, 15) is 4.79 Å². The van der Waals surface area contributed by atoms with Crippen molar-refractivity contribution in [2.24, 2.45) is 0 Å². The minimum absolute atomic E-state index is 0.137. The molecule has 4 nitrogen and oxygen atoms in total. The third-order valence-corrected chi connectivity index (χ3v) is 4.12. The summed E-state index contributed by atoms with van der Waals surface area (Å²) in [6.45, 7) is 6.15. The molecule has 110 valence electrons. The maximum Gasteiger partial charge on any atom is 0.219 e. The van der Waals surface area contributed by atoms with Crippen LogP contribution in [0.5, 0.6) is 0 Å². The molecule has 0 fully saturated rings. The van der Waals surface area contributed by atoms with Crippen LogP contribution in [0.2, 0.25) is 0 Å². The first-order valence-corrected chi connectivity index (χ1v) is 7.59. The maximum absolute atomic E-state index is 11.6. The van der Waals surface area contributed by atoms with E-state index >= 15 is 0 Å². The van der Waals surface area contributed by atoms with Crippen molar-refractivity contribution in [2.45, 2.75) is 39.8 Å². The van der Waals surface area contributed by atoms with Crippen LogP contribution in [0.3, 0.4) is 0 Å². The number of carbonyl (C=O) groups excluding carboxylic acids is 1. The third-order valence-electron chi connectivity index (χ3n) is 4.12. The molecule has 0 N–H and O–H groups in total. The van der Waals surface area contributed by atoms with Gasteiger partial charge in [-0.1, -0.05) is 31.2 Å². The number of benzene rings is 1. The number of amides is 1. The van der Waals surface area contributed by atoms with E-state index in [1.165, 1.54) is 5.56 Å². The van der Waals surface area contributed by atoms with Gasteiger partial charge in [-0.2, -0.15) is 5.10 Å². The molecular formula is C17H21N3O. The molecule has 1 aromatic heterocycles. The summed E-state index contributed by atoms with van der Waals surface area (Å²) in [6.07, 6.45) is 2.01. The van der Waals surface area contributed by atoms with Crippen LogP contribution in [0.1, 0.15) is 31.5 Å². The van der Waals surface area contributed by atoms with E-state index in [2.05, 4.69) is 37.3 Å². The monoisotopic (exact) mass is 283 g/mol. The van der Waals surface area contributed by atoms with E-state index in [0.717, 1.165) is 42.9 Å². The average Bonchev–Trinajstić information content (AvgIpc) is 2.79. The van der Waals surface area contributed by atoms with Crippen molar-refractivity contribution in [1.82, 2.24) is 14.7 Å². The zero-order chi connectivity index (χ0) is 14.8. The second-order valence-electron chi connectivity index (χ2n) is 5.59. The Kier molecular flexibility index (Phi) is 3.78. The minimum atomic E-state index is 0.137. The lowest BCUT2D eigenvalue weighted by Gasteiger charge is -2.17. The Morgan fingerprint density at radius 3 is 2.67 bits per heavy atom. The molecule has 0 aliphatic carbocycles. The van der Waals surface area contributed by atoms with Crippen LogP contribution < -0.4 is 0 Å². The van der Waals surface area contributed by atoms with Gasteiger partial charge in [0.05, 0.1) is 17.9 Å². The van der Waals surface area contributed by atoms with Crippen molar-refractivity contribution in [2.75, 3.05) is 6.54 Å². The van der Waals surface area contributed by atoms with Gasteiger partial charge < -0.3 is 4.90 Å². The highest BCUT2D eigenvalue weighted by Gasteiger charge is 2.18. The third kappa shape index (κ3) is 2.84. The predicted octanol–water partition coefficient (Wildman–Crippen LogP) is 2.86. The normalized spacial score (nSPS) is 14.7. The molecule has 0 radical (unpaired) electrons. The first kappa shape index (κ1) is 13.9. The Morgan fingerprint density at radius 1 is 1.24 bits per heavy atom. The molecule has 21 heavy (non-hydrogen) atoms. The van der Waals surface area contributed by atoms with Gasteiger partial charge in [-0.25, -0.2) is 0 Å². The van der Waals surface area contributed by atoms with Crippen LogP contribution in [0.25, 0.3) is 11.3 Å². The molecule has 0 bridgehead atoms. The van der Waals surface area contributed by atoms with E-state index < -0.39 is 0 Å². The van der Waals surface area contributed by atoms with Gasteiger partial charge in [0.2, 0.25) is 5.91 Å². The van der Waals surface area contributed by atoms with Crippen LogP contribution in [0.4, 0.5) is 0 Å². The highest BCUT2D eigenvalue weighted by Crippen LogP contribution is 2.22. The lowest BCUT2D eigenvalue weighted by Crippen LogP contribution is -2.28. The highest BCUT2D eigenvalue weighted by atomic mass is 16.2. The van der Waals surface area contributed by atoms with E-state index in [1.807, 2.05) is 9.58 Å². The summed E-state index contributed by atoms with van der Waals surface area (Å²) >= 11 is 0. The Hall–Kier alpha value is -2.10. The van der Waals surface area contributed by atoms with E-state index in [-0.39, 0.29) is 5.91 Å². The fourth-order valence-electron chi connectivity index (χ4n) is 2.78. The van der Waals surface area contributed by atoms with Crippen LogP contribution >= 0.6 is 0 Å². The van der Waals surface area contributed by atoms with E-state index in [0.29, 0.717) is 6.54 Å². The van der Waals surface area contributed by atoms with Gasteiger partial charge in [-0.15, -0.1) is 0 Å². The number of carbonyl (C=O) groups is 1. The second-order valence-corrected chi connectivity index (χ2v) is 5.59. The molecule has 1 aliphatic heterocycles. The topological polar surface area (TPSA) is 38.1 Å². The molecular weight excluding hydrogens is 262 g/mol. The minimum Gasteiger partial charge on any atom is -0.337 e. The molecule has 0 atom stereocenters. The summed E-state index contributed by atoms with van der Waals surface area (Å²) in [6, 6.07) is 10.7. The van der Waals surface area contributed by atoms with Crippen LogP contribution in [0, 0.1) is 0 Å². The fourth-order valence-corrected chi connectivity index (χ4v) is 2.78. The number of aromatic nitrogens is 2. The standard InChI is InChI=1S/C17H21N3O/c1-3-14-5-7-15(8-6-14)17-11-16-12-19(13(2)21)9-4-10-20(16)18-17/h5-8,11H,3-4,9-10,12H2,1-2H3. The summed E-state index contributed by atoms with van der Waals surface area (Å²) in [5, 5.41) is 4.71. The number of hydrogen-bond acceptors (Lipinski definition) is 2. The quantitative estimate of drug-likeness (QED) is 0.850. The molecule has 2 aromatic rings. The van der Waals surface area contributed by atoms with Gasteiger partial charge in [0.1, 0.15) is 0 Å². The van der Waals surface area contributed by atoms with Crippen molar-refractivity contribution >= 4 is 5.91 Å². The van der Waals surface area contributed by atoms with Gasteiger partial charge in [-0.05, 0) is 24.5 Å². The van der Waals surface area contributed by atoms with Crippen molar-refractivity contribution in [3.63, 3.8) is 0 Å². The van der Waals surface area contributed by atoms with Crippen molar-refractivity contribution in [3.8, 4) is 11.3 Å². The number of rotatable bonds is 2. The Balaban J connectivity index is 1.89. The number of nitrogens with zero attached hydrogens (tertiary/aromatic N) is 3. The Morgan fingerprint density at radius 2 is 2.00 bits per heavy atom. The molecule has 0 spiro atoms. The number of aryl methyl sites for hydroxylation is 2. The second kappa shape index (κ2) is 5.72. The Bertz CT molecular complexity index is 643. The number of fused-ring (bicyclic) bond motifs is 1. The molecule has 1 aliphatic rings. The summed E-state index contributed by atoms with van der Waals surface area (Å²) in [4.78, 5) is 13.5. The molecule has 0 saturated heterocycles. The predicted molar refractivity (Wildman–Crippen MR) is 82.7 cm³/mol. The lowest BCUT2D eigenvalue weighted by atomic mass is 10.1. The maximum atomic E-state index is 11.6. The van der Waals surface area contributed by atoms with Crippen molar-refractivity contribution < 1.29 is 4.79 Å². The first-order valence-electron chi connectivity index (χ1n) is 7.59. The van der Waals surface area contributed by atoms with Gasteiger partial charge in [0.15, 0.2) is 0 Å². The number of hydrogen-bond donors (Lipinski definition) is 0. The largest absolute Gasteiger partial charge is 0.337 e. The zero-order valence-electron chi connectivity index (χ0n) is 12.7. The Labute approximate surface area is 125 Å². The van der Waals surface area contributed by atoms with Gasteiger partial charge in [0.25, 0.3) is 0 Å². The van der Waals surface area contributed by atoms with Gasteiger partial charge in [0, 0.05) is 25.6 Å². The van der Waals surface area contributed by atoms with Crippen LogP contribution in [-0.2, 0) is 24.3 Å². The van der Waals surface area contributed by atoms with Gasteiger partial charge in [-0.3, -0.25) is 9.48 Å². The van der Waals surface area contributed by atoms with Crippen LogP contribution in [-0.4, -0.2) is 27.1 Å². The van der Waals surface area contributed by atoms with Crippen molar-refractivity contribution in [1.29, 1.82) is 0 Å². The summed E-state index contributed by atoms with van der Waals surface area (Å²) in [5.74, 6) is 0.137. The van der Waals surface area contributed by atoms with Gasteiger partial charge >= 0.3 is 0 Å². The average molecular weight is 283 g/mol. The molecule has 1 amide bonds. The summed E-state index contributed by atoms with van der Waals surface area (Å²) in [5.41, 5.74) is 4.60. The molecule has 1 aromatic carbocycles. The van der Waals surface area contributed by atoms with E-state index in [1.54, 1.807) is 6.92 Å². The smallest absolute Gasteiger partial charge is 0.219 e. The first-order chi connectivity index (χ1) is 10.2. The molecule has 3 rings (SSSR count). The molecule has 2 heterocycles. The summed E-state index contributed by atoms with van der Waals surface area (Å²) in [7, 11) is 0. The fraction of sp³-hybridized carbons (Fsp3) is 0.412.